The summed E-state index contributed by atoms with van der Waals surface area (Å²) in [6.45, 7) is 4.98. The Morgan fingerprint density at radius 3 is 2.71 bits per heavy atom. The lowest BCUT2D eigenvalue weighted by atomic mass is 9.99. The molecule has 3 heteroatoms. The molecule has 0 bridgehead atoms. The van der Waals surface area contributed by atoms with Gasteiger partial charge in [0.2, 0.25) is 0 Å². The lowest BCUT2D eigenvalue weighted by molar-refractivity contribution is -0.105. The molecule has 0 amide bonds. The quantitative estimate of drug-likeness (QED) is 0.715. The topological polar surface area (TPSA) is 38.7 Å². The average molecular weight is 202 g/mol. The molecule has 1 heterocycles. The maximum atomic E-state index is 8.91. The van der Waals surface area contributed by atoms with Crippen molar-refractivity contribution in [3.8, 4) is 0 Å². The molecule has 1 rings (SSSR count). The lowest BCUT2D eigenvalue weighted by Crippen LogP contribution is -2.23. The van der Waals surface area contributed by atoms with Crippen LogP contribution in [0.2, 0.25) is 0 Å². The smallest absolute Gasteiger partial charge is 0.161 e. The molecular formula is C11H22O3. The highest BCUT2D eigenvalue weighted by atomic mass is 16.7. The van der Waals surface area contributed by atoms with Gasteiger partial charge in [-0.2, -0.15) is 0 Å². The third-order valence-electron chi connectivity index (χ3n) is 2.81. The fraction of sp³-hybridized carbons (Fsp3) is 1.00. The SMILES string of the molecule is CCCCC(CC)C1OCC(CO)O1. The van der Waals surface area contributed by atoms with Crippen molar-refractivity contribution in [1.82, 2.24) is 0 Å². The van der Waals surface area contributed by atoms with Crippen LogP contribution in [0.4, 0.5) is 0 Å². The van der Waals surface area contributed by atoms with E-state index in [4.69, 9.17) is 14.6 Å². The Balaban J connectivity index is 2.30. The van der Waals surface area contributed by atoms with Crippen molar-refractivity contribution in [1.29, 1.82) is 0 Å². The Bertz CT molecular complexity index is 149. The minimum atomic E-state index is -0.101. The Morgan fingerprint density at radius 2 is 2.21 bits per heavy atom. The molecule has 1 aliphatic rings. The molecule has 1 fully saturated rings. The van der Waals surface area contributed by atoms with Gasteiger partial charge in [0.15, 0.2) is 6.29 Å². The highest BCUT2D eigenvalue weighted by Gasteiger charge is 2.30. The molecule has 0 aromatic heterocycles. The molecule has 3 atom stereocenters. The zero-order chi connectivity index (χ0) is 10.4. The van der Waals surface area contributed by atoms with E-state index in [0.29, 0.717) is 12.5 Å². The van der Waals surface area contributed by atoms with Crippen LogP contribution in [-0.2, 0) is 9.47 Å². The van der Waals surface area contributed by atoms with Gasteiger partial charge >= 0.3 is 0 Å². The van der Waals surface area contributed by atoms with Gasteiger partial charge in [-0.3, -0.25) is 0 Å². The minimum Gasteiger partial charge on any atom is -0.394 e. The highest BCUT2D eigenvalue weighted by Crippen LogP contribution is 2.25. The van der Waals surface area contributed by atoms with Gasteiger partial charge in [0.25, 0.3) is 0 Å². The Kier molecular flexibility index (Phi) is 5.45. The van der Waals surface area contributed by atoms with Crippen molar-refractivity contribution >= 4 is 0 Å². The Labute approximate surface area is 86.4 Å². The van der Waals surface area contributed by atoms with Crippen molar-refractivity contribution in [3.63, 3.8) is 0 Å². The monoisotopic (exact) mass is 202 g/mol. The molecular weight excluding hydrogens is 180 g/mol. The van der Waals surface area contributed by atoms with Crippen molar-refractivity contribution < 1.29 is 14.6 Å². The van der Waals surface area contributed by atoms with Crippen LogP contribution in [0.15, 0.2) is 0 Å². The number of hydrogen-bond donors (Lipinski definition) is 1. The van der Waals surface area contributed by atoms with Crippen LogP contribution in [0, 0.1) is 5.92 Å². The minimum absolute atomic E-state index is 0.0702. The molecule has 3 nitrogen and oxygen atoms in total. The molecule has 0 aromatic rings. The maximum absolute atomic E-state index is 8.91. The number of rotatable bonds is 6. The molecule has 0 saturated carbocycles. The van der Waals surface area contributed by atoms with E-state index in [1.807, 2.05) is 0 Å². The summed E-state index contributed by atoms with van der Waals surface area (Å²) in [5, 5.41) is 8.91. The predicted octanol–water partition coefficient (Wildman–Crippen LogP) is 1.94. The molecule has 0 spiro atoms. The zero-order valence-electron chi connectivity index (χ0n) is 9.24. The molecule has 1 aliphatic heterocycles. The average Bonchev–Trinajstić information content (AvgIpc) is 2.68. The largest absolute Gasteiger partial charge is 0.394 e. The van der Waals surface area contributed by atoms with Crippen molar-refractivity contribution in [2.24, 2.45) is 5.92 Å². The Morgan fingerprint density at radius 1 is 1.43 bits per heavy atom. The van der Waals surface area contributed by atoms with E-state index in [9.17, 15) is 0 Å². The third kappa shape index (κ3) is 3.23. The van der Waals surface area contributed by atoms with Gasteiger partial charge in [0.05, 0.1) is 13.2 Å². The van der Waals surface area contributed by atoms with Crippen LogP contribution >= 0.6 is 0 Å². The first-order valence-corrected chi connectivity index (χ1v) is 5.69. The number of aliphatic hydroxyl groups excluding tert-OH is 1. The van der Waals surface area contributed by atoms with E-state index in [1.165, 1.54) is 12.8 Å². The number of ether oxygens (including phenoxy) is 2. The summed E-state index contributed by atoms with van der Waals surface area (Å²) < 4.78 is 11.1. The summed E-state index contributed by atoms with van der Waals surface area (Å²) in [4.78, 5) is 0. The van der Waals surface area contributed by atoms with E-state index in [0.717, 1.165) is 12.8 Å². The van der Waals surface area contributed by atoms with Crippen molar-refractivity contribution in [3.05, 3.63) is 0 Å². The second-order valence-electron chi connectivity index (χ2n) is 3.95. The standard InChI is InChI=1S/C11H22O3/c1-3-5-6-9(4-2)11-13-8-10(7-12)14-11/h9-12H,3-8H2,1-2H3. The van der Waals surface area contributed by atoms with E-state index in [1.54, 1.807) is 0 Å². The molecule has 0 radical (unpaired) electrons. The van der Waals surface area contributed by atoms with E-state index in [2.05, 4.69) is 13.8 Å². The normalized spacial score (nSPS) is 29.4. The number of hydrogen-bond acceptors (Lipinski definition) is 3. The summed E-state index contributed by atoms with van der Waals surface area (Å²) in [7, 11) is 0. The first kappa shape index (κ1) is 12.0. The van der Waals surface area contributed by atoms with E-state index < -0.39 is 0 Å². The molecule has 1 saturated heterocycles. The number of unbranched alkanes of at least 4 members (excludes halogenated alkanes) is 1. The fourth-order valence-corrected chi connectivity index (χ4v) is 1.81. The summed E-state index contributed by atoms with van der Waals surface area (Å²) in [5.41, 5.74) is 0. The molecule has 3 unspecified atom stereocenters. The van der Waals surface area contributed by atoms with E-state index >= 15 is 0 Å². The second kappa shape index (κ2) is 6.38. The van der Waals surface area contributed by atoms with Crippen LogP contribution in [0.1, 0.15) is 39.5 Å². The van der Waals surface area contributed by atoms with Crippen LogP contribution in [-0.4, -0.2) is 30.7 Å². The summed E-state index contributed by atoms with van der Waals surface area (Å²) in [6.07, 6.45) is 4.51. The zero-order valence-corrected chi connectivity index (χ0v) is 9.24. The van der Waals surface area contributed by atoms with Crippen LogP contribution in [0.25, 0.3) is 0 Å². The molecule has 14 heavy (non-hydrogen) atoms. The molecule has 0 aromatic carbocycles. The first-order valence-electron chi connectivity index (χ1n) is 5.69. The van der Waals surface area contributed by atoms with Gasteiger partial charge in [-0.05, 0) is 12.8 Å². The van der Waals surface area contributed by atoms with Gasteiger partial charge < -0.3 is 14.6 Å². The summed E-state index contributed by atoms with van der Waals surface area (Å²) >= 11 is 0. The molecule has 0 aliphatic carbocycles. The van der Waals surface area contributed by atoms with Crippen LogP contribution < -0.4 is 0 Å². The fourth-order valence-electron chi connectivity index (χ4n) is 1.81. The second-order valence-corrected chi connectivity index (χ2v) is 3.95. The lowest BCUT2D eigenvalue weighted by Gasteiger charge is -2.20. The van der Waals surface area contributed by atoms with Gasteiger partial charge in [-0.15, -0.1) is 0 Å². The summed E-state index contributed by atoms with van der Waals surface area (Å²) in [6, 6.07) is 0. The van der Waals surface area contributed by atoms with E-state index in [-0.39, 0.29) is 19.0 Å². The van der Waals surface area contributed by atoms with Crippen LogP contribution in [0.3, 0.4) is 0 Å². The number of aliphatic hydroxyl groups is 1. The van der Waals surface area contributed by atoms with Gasteiger partial charge in [0, 0.05) is 5.92 Å². The van der Waals surface area contributed by atoms with Gasteiger partial charge in [0.1, 0.15) is 6.10 Å². The Hall–Kier alpha value is -0.120. The van der Waals surface area contributed by atoms with Gasteiger partial charge in [-0.25, -0.2) is 0 Å². The van der Waals surface area contributed by atoms with Crippen LogP contribution in [0.5, 0.6) is 0 Å². The highest BCUT2D eigenvalue weighted by molar-refractivity contribution is 4.70. The molecule has 84 valence electrons. The predicted molar refractivity (Wildman–Crippen MR) is 55.0 cm³/mol. The van der Waals surface area contributed by atoms with Crippen molar-refractivity contribution in [2.75, 3.05) is 13.2 Å². The third-order valence-corrected chi connectivity index (χ3v) is 2.81. The summed E-state index contributed by atoms with van der Waals surface area (Å²) in [5.74, 6) is 0.492. The van der Waals surface area contributed by atoms with Crippen molar-refractivity contribution in [2.45, 2.75) is 51.9 Å². The van der Waals surface area contributed by atoms with Gasteiger partial charge in [-0.1, -0.05) is 26.7 Å². The maximum Gasteiger partial charge on any atom is 0.161 e. The molecule has 1 N–H and O–H groups in total. The first-order chi connectivity index (χ1) is 6.81.